The second-order valence-corrected chi connectivity index (χ2v) is 10.9. The quantitative estimate of drug-likeness (QED) is 0.124. The van der Waals surface area contributed by atoms with Gasteiger partial charge in [-0.05, 0) is 46.5 Å². The van der Waals surface area contributed by atoms with Gasteiger partial charge in [0.2, 0.25) is 0 Å². The molecule has 0 rings (SSSR count). The summed E-state index contributed by atoms with van der Waals surface area (Å²) in [7, 11) is 0. The summed E-state index contributed by atoms with van der Waals surface area (Å²) < 4.78 is 5.93. The molecule has 0 saturated carbocycles. The molecule has 0 aromatic rings. The van der Waals surface area contributed by atoms with E-state index in [1.807, 2.05) is 20.8 Å². The first-order valence-electron chi connectivity index (χ1n) is 14.1. The van der Waals surface area contributed by atoms with Crippen LogP contribution in [-0.4, -0.2) is 12.1 Å². The average molecular weight is 439 g/mol. The first-order chi connectivity index (χ1) is 14.9. The van der Waals surface area contributed by atoms with Gasteiger partial charge in [0.1, 0.15) is 6.10 Å². The third-order valence-corrected chi connectivity index (χ3v) is 6.40. The second-order valence-electron chi connectivity index (χ2n) is 10.9. The predicted octanol–water partition coefficient (Wildman–Crippen LogP) is 10.2. The summed E-state index contributed by atoms with van der Waals surface area (Å²) in [5.74, 6) is -0.0276. The predicted molar refractivity (Wildman–Crippen MR) is 138 cm³/mol. The molecule has 0 amide bonds. The Hall–Kier alpha value is -0.530. The van der Waals surface area contributed by atoms with E-state index in [-0.39, 0.29) is 12.1 Å². The largest absolute Gasteiger partial charge is 0.462 e. The van der Waals surface area contributed by atoms with E-state index in [2.05, 4.69) is 13.8 Å². The summed E-state index contributed by atoms with van der Waals surface area (Å²) >= 11 is 0. The normalized spacial score (nSPS) is 12.8. The van der Waals surface area contributed by atoms with Crippen LogP contribution in [0.15, 0.2) is 0 Å². The Morgan fingerprint density at radius 2 is 0.839 bits per heavy atom. The molecule has 2 nitrogen and oxygen atoms in total. The molecule has 0 aliphatic rings. The van der Waals surface area contributed by atoms with Crippen LogP contribution in [0.25, 0.3) is 0 Å². The third kappa shape index (κ3) is 21.1. The van der Waals surface area contributed by atoms with Gasteiger partial charge in [-0.15, -0.1) is 0 Å². The lowest BCUT2D eigenvalue weighted by Gasteiger charge is -2.23. The van der Waals surface area contributed by atoms with Gasteiger partial charge in [-0.1, -0.05) is 123 Å². The van der Waals surface area contributed by atoms with E-state index in [1.165, 1.54) is 122 Å². The Morgan fingerprint density at radius 3 is 1.13 bits per heavy atom. The minimum atomic E-state index is -0.394. The van der Waals surface area contributed by atoms with Crippen LogP contribution >= 0.6 is 0 Å². The molecule has 0 aromatic heterocycles. The van der Waals surface area contributed by atoms with E-state index in [9.17, 15) is 4.79 Å². The van der Waals surface area contributed by atoms with E-state index in [1.54, 1.807) is 0 Å². The zero-order valence-electron chi connectivity index (χ0n) is 22.2. The number of hydrogen-bond donors (Lipinski definition) is 0. The van der Waals surface area contributed by atoms with Crippen molar-refractivity contribution in [2.24, 2.45) is 5.41 Å². The van der Waals surface area contributed by atoms with Gasteiger partial charge in [0, 0.05) is 0 Å². The third-order valence-electron chi connectivity index (χ3n) is 6.40. The van der Waals surface area contributed by atoms with Crippen molar-refractivity contribution in [2.75, 3.05) is 0 Å². The Bertz CT molecular complexity index is 383. The van der Waals surface area contributed by atoms with Crippen LogP contribution in [0, 0.1) is 5.41 Å². The number of hydrogen-bond acceptors (Lipinski definition) is 2. The van der Waals surface area contributed by atoms with Crippen molar-refractivity contribution in [3.05, 3.63) is 0 Å². The minimum absolute atomic E-state index is 0.0276. The van der Waals surface area contributed by atoms with Crippen LogP contribution in [-0.2, 0) is 9.53 Å². The van der Waals surface area contributed by atoms with Crippen molar-refractivity contribution in [2.45, 2.75) is 176 Å². The first-order valence-corrected chi connectivity index (χ1v) is 14.1. The van der Waals surface area contributed by atoms with Gasteiger partial charge in [-0.2, -0.15) is 0 Å². The Balaban J connectivity index is 3.92. The standard InChI is InChI=1S/C29H58O2/c1-6-8-10-12-14-16-17-18-20-22-24-26-27(31-28(30)29(3,4)5)25-23-21-19-15-13-11-9-7-2/h27H,6-26H2,1-5H3. The number of carbonyl (C=O) groups excluding carboxylic acids is 1. The van der Waals surface area contributed by atoms with Crippen molar-refractivity contribution >= 4 is 5.97 Å². The fourth-order valence-corrected chi connectivity index (χ4v) is 4.13. The molecule has 0 spiro atoms. The van der Waals surface area contributed by atoms with Crippen LogP contribution in [0.5, 0.6) is 0 Å². The molecule has 186 valence electrons. The highest BCUT2D eigenvalue weighted by molar-refractivity contribution is 5.75. The van der Waals surface area contributed by atoms with Gasteiger partial charge in [0.25, 0.3) is 0 Å². The lowest BCUT2D eigenvalue weighted by molar-refractivity contribution is -0.159. The zero-order valence-corrected chi connectivity index (χ0v) is 22.2. The molecular weight excluding hydrogens is 380 g/mol. The van der Waals surface area contributed by atoms with Crippen LogP contribution in [0.4, 0.5) is 0 Å². The molecule has 1 unspecified atom stereocenters. The lowest BCUT2D eigenvalue weighted by atomic mass is 9.96. The minimum Gasteiger partial charge on any atom is -0.462 e. The summed E-state index contributed by atoms with van der Waals surface area (Å²) in [6.45, 7) is 10.4. The highest BCUT2D eigenvalue weighted by atomic mass is 16.5. The lowest BCUT2D eigenvalue weighted by Crippen LogP contribution is -2.28. The van der Waals surface area contributed by atoms with E-state index in [0.717, 1.165) is 12.8 Å². The molecule has 0 aliphatic carbocycles. The van der Waals surface area contributed by atoms with Crippen LogP contribution < -0.4 is 0 Å². The number of ether oxygens (including phenoxy) is 1. The van der Waals surface area contributed by atoms with E-state index in [0.29, 0.717) is 0 Å². The topological polar surface area (TPSA) is 26.3 Å². The summed E-state index contributed by atoms with van der Waals surface area (Å²) in [4.78, 5) is 12.4. The summed E-state index contributed by atoms with van der Waals surface area (Å²) in [5.41, 5.74) is -0.394. The molecule has 0 aromatic carbocycles. The van der Waals surface area contributed by atoms with Gasteiger partial charge in [0.15, 0.2) is 0 Å². The smallest absolute Gasteiger partial charge is 0.311 e. The molecule has 0 N–H and O–H groups in total. The monoisotopic (exact) mass is 438 g/mol. The molecule has 0 heterocycles. The molecule has 0 aliphatic heterocycles. The highest BCUT2D eigenvalue weighted by Gasteiger charge is 2.26. The van der Waals surface area contributed by atoms with Crippen molar-refractivity contribution < 1.29 is 9.53 Å². The van der Waals surface area contributed by atoms with Crippen LogP contribution in [0.1, 0.15) is 169 Å². The number of unbranched alkanes of at least 4 members (excludes halogenated alkanes) is 17. The number of carbonyl (C=O) groups is 1. The van der Waals surface area contributed by atoms with Crippen LogP contribution in [0.3, 0.4) is 0 Å². The van der Waals surface area contributed by atoms with Gasteiger partial charge in [0.05, 0.1) is 5.41 Å². The summed E-state index contributed by atoms with van der Waals surface area (Å²) in [6.07, 6.45) is 27.9. The molecule has 1 atom stereocenters. The summed E-state index contributed by atoms with van der Waals surface area (Å²) in [6, 6.07) is 0. The SMILES string of the molecule is CCCCCCCCCCCCCC(CCCCCCCCCC)OC(=O)C(C)(C)C. The van der Waals surface area contributed by atoms with E-state index in [4.69, 9.17) is 4.74 Å². The first kappa shape index (κ1) is 30.5. The molecule has 0 bridgehead atoms. The maximum Gasteiger partial charge on any atom is 0.311 e. The van der Waals surface area contributed by atoms with E-state index >= 15 is 0 Å². The maximum absolute atomic E-state index is 12.4. The Kier molecular flexibility index (Phi) is 21.0. The maximum atomic E-state index is 12.4. The van der Waals surface area contributed by atoms with Crippen molar-refractivity contribution in [3.63, 3.8) is 0 Å². The van der Waals surface area contributed by atoms with Crippen molar-refractivity contribution in [1.29, 1.82) is 0 Å². The molecule has 2 heteroatoms. The Labute approximate surface area is 196 Å². The fourth-order valence-electron chi connectivity index (χ4n) is 4.13. The zero-order chi connectivity index (χ0) is 23.2. The van der Waals surface area contributed by atoms with Gasteiger partial charge < -0.3 is 4.74 Å². The molecule has 31 heavy (non-hydrogen) atoms. The average Bonchev–Trinajstić information content (AvgIpc) is 2.72. The summed E-state index contributed by atoms with van der Waals surface area (Å²) in [5, 5.41) is 0. The number of esters is 1. The van der Waals surface area contributed by atoms with E-state index < -0.39 is 5.41 Å². The number of rotatable bonds is 22. The van der Waals surface area contributed by atoms with Gasteiger partial charge in [-0.25, -0.2) is 0 Å². The van der Waals surface area contributed by atoms with Gasteiger partial charge in [-0.3, -0.25) is 4.79 Å². The van der Waals surface area contributed by atoms with Crippen molar-refractivity contribution in [1.82, 2.24) is 0 Å². The molecule has 0 fully saturated rings. The molecule has 0 radical (unpaired) electrons. The van der Waals surface area contributed by atoms with Crippen LogP contribution in [0.2, 0.25) is 0 Å². The molecular formula is C29H58O2. The van der Waals surface area contributed by atoms with Gasteiger partial charge >= 0.3 is 5.97 Å². The fraction of sp³-hybridized carbons (Fsp3) is 0.966. The Morgan fingerprint density at radius 1 is 0.548 bits per heavy atom. The molecule has 0 saturated heterocycles. The second kappa shape index (κ2) is 21.3. The highest BCUT2D eigenvalue weighted by Crippen LogP contribution is 2.22. The van der Waals surface area contributed by atoms with Crippen molar-refractivity contribution in [3.8, 4) is 0 Å².